The number of nitrogens with zero attached hydrogens (tertiary/aromatic N) is 2. The zero-order chi connectivity index (χ0) is 22.9. The third kappa shape index (κ3) is 4.05. The van der Waals surface area contributed by atoms with Gasteiger partial charge in [0, 0.05) is 16.2 Å². The van der Waals surface area contributed by atoms with Gasteiger partial charge < -0.3 is 10.5 Å². The molecule has 0 saturated heterocycles. The molecule has 2 N–H and O–H groups in total. The van der Waals surface area contributed by atoms with E-state index in [1.165, 1.54) is 22.2 Å². The van der Waals surface area contributed by atoms with Crippen LogP contribution in [-0.4, -0.2) is 22.6 Å². The quantitative estimate of drug-likeness (QED) is 0.321. The van der Waals surface area contributed by atoms with Crippen LogP contribution in [0.5, 0.6) is 5.75 Å². The number of fused-ring (bicyclic) bond motifs is 3. The lowest BCUT2D eigenvalue weighted by Crippen LogP contribution is -2.22. The standard InChI is InChI=1S/C25H23N3O3S2/c1-31-19-8-4-3-7-18(19)28-24(30)21-17-6-2-5-9-20(17)33-23(21)27-25(28)32-14-15-10-12-16(13-11-15)22(26)29/h3-4,7-8,10-13H,2,5-6,9,14H2,1H3,(H2,26,29). The zero-order valence-electron chi connectivity index (χ0n) is 18.2. The summed E-state index contributed by atoms with van der Waals surface area (Å²) >= 11 is 3.14. The van der Waals surface area contributed by atoms with Crippen molar-refractivity contribution in [1.82, 2.24) is 9.55 Å². The number of aromatic nitrogens is 2. The minimum atomic E-state index is -0.451. The molecule has 0 unspecified atom stereocenters. The number of para-hydroxylation sites is 2. The number of benzene rings is 2. The van der Waals surface area contributed by atoms with Crippen molar-refractivity contribution < 1.29 is 9.53 Å². The van der Waals surface area contributed by atoms with E-state index < -0.39 is 5.91 Å². The highest BCUT2D eigenvalue weighted by atomic mass is 32.2. The molecule has 0 aliphatic heterocycles. The molecule has 0 fully saturated rings. The van der Waals surface area contributed by atoms with E-state index in [4.69, 9.17) is 15.5 Å². The van der Waals surface area contributed by atoms with Gasteiger partial charge in [0.05, 0.1) is 18.2 Å². The first-order chi connectivity index (χ1) is 16.1. The summed E-state index contributed by atoms with van der Waals surface area (Å²) in [7, 11) is 1.61. The first kappa shape index (κ1) is 21.7. The Morgan fingerprint density at radius 1 is 1.15 bits per heavy atom. The van der Waals surface area contributed by atoms with Crippen LogP contribution in [0.1, 0.15) is 39.2 Å². The number of rotatable bonds is 6. The fourth-order valence-electron chi connectivity index (χ4n) is 4.22. The predicted molar refractivity (Wildman–Crippen MR) is 133 cm³/mol. The Morgan fingerprint density at radius 2 is 1.91 bits per heavy atom. The van der Waals surface area contributed by atoms with E-state index >= 15 is 0 Å². The Hall–Kier alpha value is -3.10. The van der Waals surface area contributed by atoms with Crippen molar-refractivity contribution in [3.05, 3.63) is 80.5 Å². The third-order valence-electron chi connectivity index (χ3n) is 5.89. The van der Waals surface area contributed by atoms with E-state index in [-0.39, 0.29) is 5.56 Å². The van der Waals surface area contributed by atoms with Crippen LogP contribution in [0.25, 0.3) is 15.9 Å². The van der Waals surface area contributed by atoms with E-state index in [1.54, 1.807) is 35.1 Å². The maximum absolute atomic E-state index is 13.9. The summed E-state index contributed by atoms with van der Waals surface area (Å²) in [6.07, 6.45) is 4.20. The molecule has 168 valence electrons. The number of amides is 1. The van der Waals surface area contributed by atoms with E-state index in [1.807, 2.05) is 36.4 Å². The molecule has 5 rings (SSSR count). The molecule has 33 heavy (non-hydrogen) atoms. The number of carbonyl (C=O) groups is 1. The molecule has 2 heterocycles. The average Bonchev–Trinajstić information content (AvgIpc) is 3.21. The largest absolute Gasteiger partial charge is 0.495 e. The second kappa shape index (κ2) is 9.03. The molecule has 1 aliphatic rings. The van der Waals surface area contributed by atoms with Gasteiger partial charge in [-0.15, -0.1) is 11.3 Å². The number of aryl methyl sites for hydroxylation is 2. The van der Waals surface area contributed by atoms with E-state index in [0.29, 0.717) is 27.9 Å². The van der Waals surface area contributed by atoms with Gasteiger partial charge in [-0.3, -0.25) is 14.2 Å². The fourth-order valence-corrected chi connectivity index (χ4v) is 6.49. The molecule has 1 amide bonds. The Balaban J connectivity index is 1.63. The number of hydrogen-bond acceptors (Lipinski definition) is 6. The zero-order valence-corrected chi connectivity index (χ0v) is 19.8. The number of hydrogen-bond donors (Lipinski definition) is 1. The minimum absolute atomic E-state index is 0.0459. The number of methoxy groups -OCH3 is 1. The van der Waals surface area contributed by atoms with Crippen molar-refractivity contribution in [2.24, 2.45) is 5.73 Å². The van der Waals surface area contributed by atoms with Crippen LogP contribution in [0.2, 0.25) is 0 Å². The Labute approximate surface area is 199 Å². The number of thioether (sulfide) groups is 1. The SMILES string of the molecule is COc1ccccc1-n1c(SCc2ccc(C(N)=O)cc2)nc2sc3c(c2c1=O)CCCC3. The van der Waals surface area contributed by atoms with Crippen molar-refractivity contribution in [2.45, 2.75) is 36.6 Å². The summed E-state index contributed by atoms with van der Waals surface area (Å²) in [6.45, 7) is 0. The van der Waals surface area contributed by atoms with E-state index in [2.05, 4.69) is 0 Å². The Bertz CT molecular complexity index is 1410. The molecule has 6 nitrogen and oxygen atoms in total. The molecular formula is C25H23N3O3S2. The van der Waals surface area contributed by atoms with Gasteiger partial charge in [0.1, 0.15) is 10.6 Å². The highest BCUT2D eigenvalue weighted by Crippen LogP contribution is 2.36. The lowest BCUT2D eigenvalue weighted by molar-refractivity contribution is 0.100. The van der Waals surface area contributed by atoms with Gasteiger partial charge >= 0.3 is 0 Å². The summed E-state index contributed by atoms with van der Waals surface area (Å²) in [5, 5.41) is 1.37. The molecule has 0 atom stereocenters. The molecule has 1 aliphatic carbocycles. The molecule has 8 heteroatoms. The summed E-state index contributed by atoms with van der Waals surface area (Å²) in [4.78, 5) is 32.3. The van der Waals surface area contributed by atoms with Crippen molar-refractivity contribution >= 4 is 39.2 Å². The predicted octanol–water partition coefficient (Wildman–Crippen LogP) is 4.73. The van der Waals surface area contributed by atoms with Gasteiger partial charge in [-0.25, -0.2) is 4.98 Å². The van der Waals surface area contributed by atoms with Crippen LogP contribution in [0, 0.1) is 0 Å². The van der Waals surface area contributed by atoms with Crippen LogP contribution < -0.4 is 16.0 Å². The smallest absolute Gasteiger partial charge is 0.267 e. The normalized spacial score (nSPS) is 13.1. The van der Waals surface area contributed by atoms with Gasteiger partial charge in [0.25, 0.3) is 5.56 Å². The Kier molecular flexibility index (Phi) is 5.95. The first-order valence-electron chi connectivity index (χ1n) is 10.8. The third-order valence-corrected chi connectivity index (χ3v) is 8.09. The molecule has 2 aromatic carbocycles. The van der Waals surface area contributed by atoms with Gasteiger partial charge in [0.2, 0.25) is 5.91 Å². The molecule has 0 bridgehead atoms. The van der Waals surface area contributed by atoms with Crippen LogP contribution in [0.15, 0.2) is 58.5 Å². The van der Waals surface area contributed by atoms with Crippen LogP contribution in [-0.2, 0) is 18.6 Å². The number of thiophene rings is 1. The topological polar surface area (TPSA) is 87.2 Å². The summed E-state index contributed by atoms with van der Waals surface area (Å²) in [5.74, 6) is 0.766. The second-order valence-corrected chi connectivity index (χ2v) is 9.97. The van der Waals surface area contributed by atoms with Crippen LogP contribution in [0.4, 0.5) is 0 Å². The van der Waals surface area contributed by atoms with Gasteiger partial charge in [-0.05, 0) is 61.1 Å². The highest BCUT2D eigenvalue weighted by molar-refractivity contribution is 7.98. The van der Waals surface area contributed by atoms with Crippen molar-refractivity contribution in [2.75, 3.05) is 7.11 Å². The number of primary amides is 1. The monoisotopic (exact) mass is 477 g/mol. The maximum atomic E-state index is 13.9. The molecule has 0 saturated carbocycles. The van der Waals surface area contributed by atoms with Gasteiger partial charge in [0.15, 0.2) is 5.16 Å². The highest BCUT2D eigenvalue weighted by Gasteiger charge is 2.24. The Morgan fingerprint density at radius 3 is 2.67 bits per heavy atom. The van der Waals surface area contributed by atoms with Crippen LogP contribution >= 0.6 is 23.1 Å². The fraction of sp³-hybridized carbons (Fsp3) is 0.240. The summed E-state index contributed by atoms with van der Waals surface area (Å²) < 4.78 is 7.26. The lowest BCUT2D eigenvalue weighted by Gasteiger charge is -2.16. The maximum Gasteiger partial charge on any atom is 0.267 e. The van der Waals surface area contributed by atoms with Gasteiger partial charge in [-0.1, -0.05) is 36.0 Å². The number of nitrogens with two attached hydrogens (primary N) is 1. The average molecular weight is 478 g/mol. The summed E-state index contributed by atoms with van der Waals surface area (Å²) in [5.41, 5.74) is 8.63. The minimum Gasteiger partial charge on any atom is -0.495 e. The second-order valence-electron chi connectivity index (χ2n) is 7.95. The van der Waals surface area contributed by atoms with Crippen LogP contribution in [0.3, 0.4) is 0 Å². The van der Waals surface area contributed by atoms with Crippen molar-refractivity contribution in [1.29, 1.82) is 0 Å². The van der Waals surface area contributed by atoms with Gasteiger partial charge in [-0.2, -0.15) is 0 Å². The molecule has 0 spiro atoms. The molecule has 0 radical (unpaired) electrons. The van der Waals surface area contributed by atoms with Crippen molar-refractivity contribution in [3.8, 4) is 11.4 Å². The van der Waals surface area contributed by atoms with E-state index in [9.17, 15) is 9.59 Å². The lowest BCUT2D eigenvalue weighted by atomic mass is 9.97. The van der Waals surface area contributed by atoms with Crippen molar-refractivity contribution in [3.63, 3.8) is 0 Å². The first-order valence-corrected chi connectivity index (χ1v) is 12.6. The molecule has 4 aromatic rings. The molecule has 2 aromatic heterocycles. The number of carbonyl (C=O) groups excluding carboxylic acids is 1. The van der Waals surface area contributed by atoms with E-state index in [0.717, 1.165) is 41.5 Å². The number of ether oxygens (including phenoxy) is 1. The molecular weight excluding hydrogens is 454 g/mol. The summed E-state index contributed by atoms with van der Waals surface area (Å²) in [6, 6.07) is 14.7.